The third kappa shape index (κ3) is 5.12. The van der Waals surface area contributed by atoms with Crippen LogP contribution in [0.15, 0.2) is 22.8 Å². The quantitative estimate of drug-likeness (QED) is 0.698. The Morgan fingerprint density at radius 2 is 1.86 bits per heavy atom. The van der Waals surface area contributed by atoms with Crippen LogP contribution < -0.4 is 5.32 Å². The van der Waals surface area contributed by atoms with E-state index in [-0.39, 0.29) is 12.3 Å². The molecule has 2 rings (SSSR count). The highest BCUT2D eigenvalue weighted by molar-refractivity contribution is 5.89. The number of aryl methyl sites for hydroxylation is 2. The molecule has 0 saturated heterocycles. The maximum absolute atomic E-state index is 12.1. The van der Waals surface area contributed by atoms with Crippen molar-refractivity contribution < 1.29 is 28.3 Å². The number of fused-ring (bicyclic) bond motifs is 1. The van der Waals surface area contributed by atoms with Gasteiger partial charge in [0.25, 0.3) is 5.91 Å². The molecule has 152 valence electrons. The lowest BCUT2D eigenvalue weighted by Gasteiger charge is -2.21. The topological polar surface area (TPSA) is 94.8 Å². The van der Waals surface area contributed by atoms with Crippen molar-refractivity contribution in [2.24, 2.45) is 5.92 Å². The van der Waals surface area contributed by atoms with Crippen molar-refractivity contribution in [1.82, 2.24) is 5.32 Å². The van der Waals surface area contributed by atoms with Crippen LogP contribution in [0.2, 0.25) is 0 Å². The molecule has 0 fully saturated rings. The lowest BCUT2D eigenvalue weighted by Crippen LogP contribution is -2.47. The van der Waals surface area contributed by atoms with Crippen LogP contribution in [0.5, 0.6) is 0 Å². The van der Waals surface area contributed by atoms with Crippen molar-refractivity contribution in [3.8, 4) is 0 Å². The number of hydrogen-bond donors (Lipinski definition) is 1. The van der Waals surface area contributed by atoms with E-state index in [9.17, 15) is 14.4 Å². The summed E-state index contributed by atoms with van der Waals surface area (Å²) in [6.45, 7) is 7.26. The van der Waals surface area contributed by atoms with Crippen molar-refractivity contribution >= 4 is 28.8 Å². The number of carbonyl (C=O) groups is 3. The van der Waals surface area contributed by atoms with Gasteiger partial charge in [-0.1, -0.05) is 20.3 Å². The summed E-state index contributed by atoms with van der Waals surface area (Å²) in [6, 6.07) is 3.12. The minimum Gasteiger partial charge on any atom is -0.467 e. The largest absolute Gasteiger partial charge is 0.467 e. The molecule has 0 aliphatic rings. The van der Waals surface area contributed by atoms with Gasteiger partial charge in [-0.2, -0.15) is 0 Å². The van der Waals surface area contributed by atoms with Crippen molar-refractivity contribution in [1.29, 1.82) is 0 Å². The predicted octanol–water partition coefficient (Wildman–Crippen LogP) is 2.84. The fourth-order valence-corrected chi connectivity index (χ4v) is 2.84. The highest BCUT2D eigenvalue weighted by Crippen LogP contribution is 2.25. The van der Waals surface area contributed by atoms with Crippen molar-refractivity contribution in [3.05, 3.63) is 35.1 Å². The maximum Gasteiger partial charge on any atom is 0.328 e. The summed E-state index contributed by atoms with van der Waals surface area (Å²) in [4.78, 5) is 36.0. The number of ether oxygens (including phenoxy) is 2. The number of amides is 1. The van der Waals surface area contributed by atoms with Gasteiger partial charge in [-0.3, -0.25) is 9.59 Å². The van der Waals surface area contributed by atoms with Gasteiger partial charge in [-0.05, 0) is 43.0 Å². The molecule has 0 unspecified atom stereocenters. The number of benzene rings is 1. The van der Waals surface area contributed by atoms with Crippen LogP contribution in [0.4, 0.5) is 0 Å². The Bertz CT molecular complexity index is 869. The monoisotopic (exact) mass is 389 g/mol. The molecule has 28 heavy (non-hydrogen) atoms. The molecule has 7 heteroatoms. The Morgan fingerprint density at radius 3 is 2.50 bits per heavy atom. The van der Waals surface area contributed by atoms with Gasteiger partial charge in [-0.25, -0.2) is 4.79 Å². The second kappa shape index (κ2) is 9.39. The van der Waals surface area contributed by atoms with Crippen LogP contribution >= 0.6 is 0 Å². The minimum absolute atomic E-state index is 0.00538. The molecule has 0 saturated carbocycles. The van der Waals surface area contributed by atoms with Crippen LogP contribution in [0.1, 0.15) is 37.0 Å². The number of furan rings is 1. The minimum atomic E-state index is -0.773. The average molecular weight is 389 g/mol. The van der Waals surface area contributed by atoms with Gasteiger partial charge in [0.1, 0.15) is 11.6 Å². The van der Waals surface area contributed by atoms with Crippen LogP contribution in [-0.4, -0.2) is 37.6 Å². The second-order valence-corrected chi connectivity index (χ2v) is 6.98. The summed E-state index contributed by atoms with van der Waals surface area (Å²) in [5.74, 6) is -1.72. The van der Waals surface area contributed by atoms with Gasteiger partial charge < -0.3 is 19.2 Å². The molecule has 1 amide bonds. The number of carbonyl (C=O) groups excluding carboxylic acids is 3. The van der Waals surface area contributed by atoms with E-state index >= 15 is 0 Å². The molecular formula is C21H27NO6. The summed E-state index contributed by atoms with van der Waals surface area (Å²) in [5, 5.41) is 3.42. The van der Waals surface area contributed by atoms with Crippen molar-refractivity contribution in [2.45, 2.75) is 46.6 Å². The van der Waals surface area contributed by atoms with Gasteiger partial charge in [-0.15, -0.1) is 0 Å². The Balaban J connectivity index is 1.94. The van der Waals surface area contributed by atoms with E-state index < -0.39 is 30.5 Å². The summed E-state index contributed by atoms with van der Waals surface area (Å²) < 4.78 is 15.3. The zero-order valence-electron chi connectivity index (χ0n) is 17.0. The third-order valence-electron chi connectivity index (χ3n) is 4.95. The number of hydrogen-bond acceptors (Lipinski definition) is 6. The fraction of sp³-hybridized carbons (Fsp3) is 0.476. The first-order valence-electron chi connectivity index (χ1n) is 9.26. The first kappa shape index (κ1) is 21.5. The molecule has 0 radical (unpaired) electrons. The van der Waals surface area contributed by atoms with E-state index in [0.717, 1.165) is 16.5 Å². The van der Waals surface area contributed by atoms with E-state index in [1.807, 2.05) is 39.8 Å². The van der Waals surface area contributed by atoms with Gasteiger partial charge in [0.05, 0.1) is 19.8 Å². The highest BCUT2D eigenvalue weighted by Gasteiger charge is 2.27. The maximum atomic E-state index is 12.1. The van der Waals surface area contributed by atoms with E-state index in [4.69, 9.17) is 13.9 Å². The van der Waals surface area contributed by atoms with Crippen LogP contribution in [0.3, 0.4) is 0 Å². The average Bonchev–Trinajstić information content (AvgIpc) is 3.05. The van der Waals surface area contributed by atoms with E-state index in [2.05, 4.69) is 5.32 Å². The van der Waals surface area contributed by atoms with Crippen molar-refractivity contribution in [2.75, 3.05) is 13.7 Å². The first-order chi connectivity index (χ1) is 13.3. The second-order valence-electron chi connectivity index (χ2n) is 6.98. The Kier molecular flexibility index (Phi) is 7.20. The SMILES string of the molecule is CC[C@@H](C)[C@@H](NC(=O)COC(=O)Cc1coc2cc(C)c(C)cc12)C(=O)OC. The molecule has 7 nitrogen and oxygen atoms in total. The molecule has 2 atom stereocenters. The molecule has 0 aliphatic heterocycles. The lowest BCUT2D eigenvalue weighted by atomic mass is 9.99. The van der Waals surface area contributed by atoms with Crippen LogP contribution in [0.25, 0.3) is 11.0 Å². The highest BCUT2D eigenvalue weighted by atomic mass is 16.5. The molecule has 1 aromatic heterocycles. The normalized spacial score (nSPS) is 13.0. The van der Waals surface area contributed by atoms with Crippen LogP contribution in [-0.2, 0) is 30.3 Å². The van der Waals surface area contributed by atoms with Crippen LogP contribution in [0, 0.1) is 19.8 Å². The van der Waals surface area contributed by atoms with Gasteiger partial charge >= 0.3 is 11.9 Å². The van der Waals surface area contributed by atoms with Crippen molar-refractivity contribution in [3.63, 3.8) is 0 Å². The number of esters is 2. The number of rotatable bonds is 8. The lowest BCUT2D eigenvalue weighted by molar-refractivity contribution is -0.150. The van der Waals surface area contributed by atoms with Gasteiger partial charge in [0, 0.05) is 10.9 Å². The Hall–Kier alpha value is -2.83. The van der Waals surface area contributed by atoms with E-state index in [1.165, 1.54) is 13.4 Å². The fourth-order valence-electron chi connectivity index (χ4n) is 2.84. The standard InChI is InChI=1S/C21H27NO6/c1-6-12(2)20(21(25)26-5)22-18(23)11-28-19(24)9-15-10-27-17-8-14(4)13(3)7-16(15)17/h7-8,10,12,20H,6,9,11H2,1-5H3,(H,22,23)/t12-,20-/m1/s1. The smallest absolute Gasteiger partial charge is 0.328 e. The molecular weight excluding hydrogens is 362 g/mol. The summed E-state index contributed by atoms with van der Waals surface area (Å²) >= 11 is 0. The molecule has 2 aromatic rings. The zero-order chi connectivity index (χ0) is 20.8. The Labute approximate surface area is 164 Å². The zero-order valence-corrected chi connectivity index (χ0v) is 17.0. The summed E-state index contributed by atoms with van der Waals surface area (Å²) in [7, 11) is 1.27. The first-order valence-corrected chi connectivity index (χ1v) is 9.26. The van der Waals surface area contributed by atoms with E-state index in [1.54, 1.807) is 0 Å². The molecule has 1 aromatic carbocycles. The van der Waals surface area contributed by atoms with Gasteiger partial charge in [0.2, 0.25) is 0 Å². The summed E-state index contributed by atoms with van der Waals surface area (Å²) in [5.41, 5.74) is 3.62. The summed E-state index contributed by atoms with van der Waals surface area (Å²) in [6.07, 6.45) is 2.21. The molecule has 1 N–H and O–H groups in total. The molecule has 0 bridgehead atoms. The molecule has 0 aliphatic carbocycles. The molecule has 0 spiro atoms. The Morgan fingerprint density at radius 1 is 1.18 bits per heavy atom. The third-order valence-corrected chi connectivity index (χ3v) is 4.95. The number of nitrogens with one attached hydrogen (secondary N) is 1. The predicted molar refractivity (Wildman–Crippen MR) is 104 cm³/mol. The molecule has 1 heterocycles. The number of methoxy groups -OCH3 is 1. The van der Waals surface area contributed by atoms with E-state index in [0.29, 0.717) is 17.6 Å². The van der Waals surface area contributed by atoms with Gasteiger partial charge in [0.15, 0.2) is 6.61 Å².